The fourth-order valence-corrected chi connectivity index (χ4v) is 4.69. The molecule has 0 bridgehead atoms. The predicted molar refractivity (Wildman–Crippen MR) is 131 cm³/mol. The summed E-state index contributed by atoms with van der Waals surface area (Å²) in [5.74, 6) is 0. The maximum Gasteiger partial charge on any atom is 0.100 e. The first-order valence-electron chi connectivity index (χ1n) is 13.5. The molecule has 0 aliphatic carbocycles. The normalized spacial score (nSPS) is 16.3. The van der Waals surface area contributed by atoms with Crippen LogP contribution in [0.3, 0.4) is 0 Å². The molecule has 1 heterocycles. The van der Waals surface area contributed by atoms with Gasteiger partial charge in [0.15, 0.2) is 0 Å². The summed E-state index contributed by atoms with van der Waals surface area (Å²) < 4.78 is 0. The summed E-state index contributed by atoms with van der Waals surface area (Å²) in [5.41, 5.74) is 0. The summed E-state index contributed by atoms with van der Waals surface area (Å²) in [6.45, 7) is 9.45. The third-order valence-electron chi connectivity index (χ3n) is 6.62. The third-order valence-corrected chi connectivity index (χ3v) is 6.62. The number of unbranched alkanes of at least 4 members (excludes halogenated alkanes) is 16. The zero-order chi connectivity index (χ0) is 21.0. The molecule has 0 spiro atoms. The molecule has 0 aromatic carbocycles. The van der Waals surface area contributed by atoms with Crippen molar-refractivity contribution >= 4 is 0 Å². The van der Waals surface area contributed by atoms with Crippen LogP contribution in [0.2, 0.25) is 0 Å². The maximum atomic E-state index is 2.61. The van der Waals surface area contributed by atoms with E-state index in [2.05, 4.69) is 43.0 Å². The zero-order valence-corrected chi connectivity index (χ0v) is 20.5. The molecule has 0 N–H and O–H groups in total. The highest BCUT2D eigenvalue weighted by molar-refractivity contribution is 4.96. The van der Waals surface area contributed by atoms with Crippen molar-refractivity contribution in [2.75, 3.05) is 13.1 Å². The van der Waals surface area contributed by atoms with Gasteiger partial charge in [-0.15, -0.1) is 0 Å². The van der Waals surface area contributed by atoms with Crippen LogP contribution < -0.4 is 0 Å². The molecule has 1 unspecified atom stereocenters. The van der Waals surface area contributed by atoms with Crippen LogP contribution in [0, 0.1) is 0 Å². The van der Waals surface area contributed by atoms with Crippen molar-refractivity contribution in [2.24, 2.45) is 0 Å². The van der Waals surface area contributed by atoms with Gasteiger partial charge in [0.2, 0.25) is 0 Å². The van der Waals surface area contributed by atoms with Crippen LogP contribution in [-0.2, 0) is 0 Å². The molecule has 0 fully saturated rings. The van der Waals surface area contributed by atoms with Crippen molar-refractivity contribution in [3.8, 4) is 0 Å². The van der Waals surface area contributed by atoms with Crippen LogP contribution >= 0.6 is 0 Å². The predicted octanol–water partition coefficient (Wildman–Crippen LogP) is 8.87. The highest BCUT2D eigenvalue weighted by Gasteiger charge is 2.23. The van der Waals surface area contributed by atoms with Gasteiger partial charge in [-0.05, 0) is 19.3 Å². The van der Waals surface area contributed by atoms with Gasteiger partial charge < -0.3 is 9.80 Å². The van der Waals surface area contributed by atoms with Gasteiger partial charge in [-0.2, -0.15) is 0 Å². The maximum absolute atomic E-state index is 2.61. The minimum Gasteiger partial charge on any atom is -0.356 e. The lowest BCUT2D eigenvalue weighted by molar-refractivity contribution is 0.144. The fraction of sp³-hybridized carbons (Fsp3) is 0.926. The summed E-state index contributed by atoms with van der Waals surface area (Å²) >= 11 is 0. The number of rotatable bonds is 21. The Kier molecular flexibility index (Phi) is 17.6. The summed E-state index contributed by atoms with van der Waals surface area (Å²) in [6.07, 6.45) is 32.2. The van der Waals surface area contributed by atoms with Crippen molar-refractivity contribution in [2.45, 2.75) is 149 Å². The first-order chi connectivity index (χ1) is 14.3. The monoisotopic (exact) mass is 406 g/mol. The topological polar surface area (TPSA) is 6.48 Å². The highest BCUT2D eigenvalue weighted by atomic mass is 15.4. The lowest BCUT2D eigenvalue weighted by Crippen LogP contribution is -2.38. The van der Waals surface area contributed by atoms with E-state index in [0.717, 1.165) is 0 Å². The van der Waals surface area contributed by atoms with Gasteiger partial charge in [0.1, 0.15) is 6.17 Å². The quantitative estimate of drug-likeness (QED) is 0.176. The lowest BCUT2D eigenvalue weighted by atomic mass is 10.1. The molecule has 0 radical (unpaired) electrons. The number of nitrogens with zero attached hydrogens (tertiary/aromatic N) is 2. The van der Waals surface area contributed by atoms with Gasteiger partial charge in [0.25, 0.3) is 0 Å². The summed E-state index contributed by atoms with van der Waals surface area (Å²) in [7, 11) is 0. The molecule has 1 aliphatic rings. The Bertz CT molecular complexity index is 366. The average molecular weight is 407 g/mol. The van der Waals surface area contributed by atoms with E-state index in [1.165, 1.54) is 135 Å². The average Bonchev–Trinajstić information content (AvgIpc) is 3.13. The second-order valence-electron chi connectivity index (χ2n) is 9.32. The minimum absolute atomic E-state index is 0.623. The second-order valence-corrected chi connectivity index (χ2v) is 9.32. The Morgan fingerprint density at radius 3 is 1.07 bits per heavy atom. The van der Waals surface area contributed by atoms with Crippen molar-refractivity contribution in [1.29, 1.82) is 0 Å². The van der Waals surface area contributed by atoms with E-state index < -0.39 is 0 Å². The van der Waals surface area contributed by atoms with Crippen molar-refractivity contribution in [3.63, 3.8) is 0 Å². The molecule has 29 heavy (non-hydrogen) atoms. The van der Waals surface area contributed by atoms with E-state index in [1.807, 2.05) is 0 Å². The molecule has 0 aromatic rings. The van der Waals surface area contributed by atoms with E-state index in [9.17, 15) is 0 Å². The third kappa shape index (κ3) is 13.3. The fourth-order valence-electron chi connectivity index (χ4n) is 4.69. The zero-order valence-electron chi connectivity index (χ0n) is 20.5. The first-order valence-corrected chi connectivity index (χ1v) is 13.5. The Morgan fingerprint density at radius 2 is 0.759 bits per heavy atom. The van der Waals surface area contributed by atoms with Gasteiger partial charge >= 0.3 is 0 Å². The van der Waals surface area contributed by atoms with E-state index in [1.54, 1.807) is 0 Å². The molecule has 0 aromatic heterocycles. The summed E-state index contributed by atoms with van der Waals surface area (Å²) in [4.78, 5) is 5.21. The molecular weight excluding hydrogens is 352 g/mol. The van der Waals surface area contributed by atoms with Crippen LogP contribution in [-0.4, -0.2) is 29.1 Å². The van der Waals surface area contributed by atoms with Crippen molar-refractivity contribution in [3.05, 3.63) is 12.4 Å². The van der Waals surface area contributed by atoms with Gasteiger partial charge in [-0.25, -0.2) is 0 Å². The van der Waals surface area contributed by atoms with Gasteiger partial charge in [-0.3, -0.25) is 0 Å². The molecule has 0 saturated heterocycles. The molecule has 0 saturated carbocycles. The first kappa shape index (κ1) is 26.4. The van der Waals surface area contributed by atoms with Crippen LogP contribution in [0.4, 0.5) is 0 Å². The highest BCUT2D eigenvalue weighted by Crippen LogP contribution is 2.21. The molecule has 2 heteroatoms. The molecule has 1 atom stereocenters. The van der Waals surface area contributed by atoms with Crippen LogP contribution in [0.25, 0.3) is 0 Å². The standard InChI is InChI=1S/C27H54N2/c1-4-7-9-11-13-14-15-16-18-20-22-24-29-26-25-28(27(29)6-3)23-21-19-17-12-10-8-5-2/h25-27H,4-24H2,1-3H3. The van der Waals surface area contributed by atoms with Gasteiger partial charge in [0, 0.05) is 25.5 Å². The van der Waals surface area contributed by atoms with E-state index in [4.69, 9.17) is 0 Å². The van der Waals surface area contributed by atoms with Crippen LogP contribution in [0.15, 0.2) is 12.4 Å². The van der Waals surface area contributed by atoms with Crippen LogP contribution in [0.1, 0.15) is 143 Å². The molecule has 2 nitrogen and oxygen atoms in total. The van der Waals surface area contributed by atoms with E-state index in [-0.39, 0.29) is 0 Å². The SMILES string of the molecule is CCCCCCCCCCCCCN1C=CN(CCCCCCCCC)C1CC. The lowest BCUT2D eigenvalue weighted by Gasteiger charge is -2.32. The smallest absolute Gasteiger partial charge is 0.100 e. The molecule has 1 aliphatic heterocycles. The van der Waals surface area contributed by atoms with E-state index >= 15 is 0 Å². The van der Waals surface area contributed by atoms with Crippen molar-refractivity contribution in [1.82, 2.24) is 9.80 Å². The van der Waals surface area contributed by atoms with Gasteiger partial charge in [0.05, 0.1) is 0 Å². The van der Waals surface area contributed by atoms with Gasteiger partial charge in [-0.1, -0.05) is 124 Å². The number of hydrogen-bond donors (Lipinski definition) is 0. The summed E-state index contributed by atoms with van der Waals surface area (Å²) in [6, 6.07) is 0. The van der Waals surface area contributed by atoms with Crippen molar-refractivity contribution < 1.29 is 0 Å². The Hall–Kier alpha value is -0.660. The Labute approximate surface area is 184 Å². The summed E-state index contributed by atoms with van der Waals surface area (Å²) in [5, 5.41) is 0. The number of hydrogen-bond acceptors (Lipinski definition) is 2. The van der Waals surface area contributed by atoms with Crippen LogP contribution in [0.5, 0.6) is 0 Å². The molecule has 0 amide bonds. The Morgan fingerprint density at radius 1 is 0.448 bits per heavy atom. The largest absolute Gasteiger partial charge is 0.356 e. The minimum atomic E-state index is 0.623. The molecule has 1 rings (SSSR count). The second kappa shape index (κ2) is 19.3. The molecular formula is C27H54N2. The Balaban J connectivity index is 1.98. The van der Waals surface area contributed by atoms with E-state index in [0.29, 0.717) is 6.17 Å². The molecule has 172 valence electrons.